The molecule has 158 valence electrons. The highest BCUT2D eigenvalue weighted by Gasteiger charge is 2.21. The maximum Gasteiger partial charge on any atom is 0.175 e. The largest absolute Gasteiger partial charge is 0.492 e. The predicted octanol–water partition coefficient (Wildman–Crippen LogP) is 3.28. The predicted molar refractivity (Wildman–Crippen MR) is 114 cm³/mol. The van der Waals surface area contributed by atoms with Crippen molar-refractivity contribution in [3.63, 3.8) is 0 Å². The first-order chi connectivity index (χ1) is 13.8. The molecule has 0 amide bonds. The van der Waals surface area contributed by atoms with Crippen LogP contribution in [-0.4, -0.2) is 64.0 Å². The third-order valence-electron chi connectivity index (χ3n) is 5.43. The Hall–Kier alpha value is -1.96. The lowest BCUT2D eigenvalue weighted by molar-refractivity contribution is 0.0572. The van der Waals surface area contributed by atoms with E-state index in [0.717, 1.165) is 49.5 Å². The number of benzene rings is 1. The second-order valence-electron chi connectivity index (χ2n) is 7.78. The molecule has 1 unspecified atom stereocenters. The van der Waals surface area contributed by atoms with Crippen LogP contribution in [0.1, 0.15) is 19.8 Å². The third kappa shape index (κ3) is 6.26. The molecular formula is C22H30N2O4S. The maximum absolute atomic E-state index is 11.6. The molecule has 7 heteroatoms. The molecule has 1 fully saturated rings. The van der Waals surface area contributed by atoms with Gasteiger partial charge in [-0.3, -0.25) is 4.98 Å². The van der Waals surface area contributed by atoms with Gasteiger partial charge in [-0.05, 0) is 63.0 Å². The Morgan fingerprint density at radius 2 is 1.83 bits per heavy atom. The van der Waals surface area contributed by atoms with Crippen molar-refractivity contribution in [3.05, 3.63) is 42.6 Å². The SMILES string of the molecule is COC(C)CN1CCC(COc2ccc(-c3ccc(S(C)(=O)=O)cc3)nc2)CC1. The van der Waals surface area contributed by atoms with Crippen molar-refractivity contribution >= 4 is 9.84 Å². The van der Waals surface area contributed by atoms with E-state index in [1.165, 1.54) is 6.26 Å². The number of hydrogen-bond donors (Lipinski definition) is 0. The zero-order valence-electron chi connectivity index (χ0n) is 17.4. The van der Waals surface area contributed by atoms with Crippen LogP contribution in [0.2, 0.25) is 0 Å². The second-order valence-corrected chi connectivity index (χ2v) is 9.79. The average molecular weight is 419 g/mol. The molecule has 1 aromatic carbocycles. The number of piperidine rings is 1. The fourth-order valence-corrected chi connectivity index (χ4v) is 4.13. The number of hydrogen-bond acceptors (Lipinski definition) is 6. The Balaban J connectivity index is 1.49. The highest BCUT2D eigenvalue weighted by molar-refractivity contribution is 7.90. The van der Waals surface area contributed by atoms with E-state index in [0.29, 0.717) is 17.4 Å². The summed E-state index contributed by atoms with van der Waals surface area (Å²) in [5.74, 6) is 1.32. The molecule has 1 aliphatic heterocycles. The molecule has 6 nitrogen and oxygen atoms in total. The van der Waals surface area contributed by atoms with Crippen molar-refractivity contribution in [2.45, 2.75) is 30.8 Å². The number of pyridine rings is 1. The molecular weight excluding hydrogens is 388 g/mol. The fraction of sp³-hybridized carbons (Fsp3) is 0.500. The molecule has 1 atom stereocenters. The van der Waals surface area contributed by atoms with Crippen LogP contribution < -0.4 is 4.74 Å². The second kappa shape index (κ2) is 9.69. The number of likely N-dealkylation sites (tertiary alicyclic amines) is 1. The van der Waals surface area contributed by atoms with Crippen molar-refractivity contribution in [2.24, 2.45) is 5.92 Å². The topological polar surface area (TPSA) is 68.7 Å². The zero-order valence-corrected chi connectivity index (χ0v) is 18.2. The molecule has 1 saturated heterocycles. The Kier molecular flexibility index (Phi) is 7.27. The van der Waals surface area contributed by atoms with Crippen molar-refractivity contribution in [2.75, 3.05) is 39.6 Å². The van der Waals surface area contributed by atoms with Gasteiger partial charge in [0.05, 0.1) is 29.5 Å². The monoisotopic (exact) mass is 418 g/mol. The normalized spacial score (nSPS) is 17.2. The molecule has 1 aromatic heterocycles. The van der Waals surface area contributed by atoms with Gasteiger partial charge in [0.25, 0.3) is 0 Å². The molecule has 3 rings (SSSR count). The van der Waals surface area contributed by atoms with E-state index < -0.39 is 9.84 Å². The molecule has 0 saturated carbocycles. The van der Waals surface area contributed by atoms with E-state index in [-0.39, 0.29) is 6.10 Å². The van der Waals surface area contributed by atoms with Crippen LogP contribution in [-0.2, 0) is 14.6 Å². The van der Waals surface area contributed by atoms with Gasteiger partial charge in [0.2, 0.25) is 0 Å². The molecule has 0 aliphatic carbocycles. The van der Waals surface area contributed by atoms with Gasteiger partial charge in [-0.2, -0.15) is 0 Å². The lowest BCUT2D eigenvalue weighted by Gasteiger charge is -2.33. The molecule has 29 heavy (non-hydrogen) atoms. The summed E-state index contributed by atoms with van der Waals surface area (Å²) in [5.41, 5.74) is 1.67. The molecule has 1 aliphatic rings. The van der Waals surface area contributed by atoms with Gasteiger partial charge in [-0.1, -0.05) is 12.1 Å². The highest BCUT2D eigenvalue weighted by Crippen LogP contribution is 2.23. The van der Waals surface area contributed by atoms with E-state index >= 15 is 0 Å². The smallest absolute Gasteiger partial charge is 0.175 e. The number of nitrogens with zero attached hydrogens (tertiary/aromatic N) is 2. The van der Waals surface area contributed by atoms with E-state index in [1.807, 2.05) is 12.1 Å². The Bertz CT molecular complexity index is 874. The summed E-state index contributed by atoms with van der Waals surface area (Å²) in [4.78, 5) is 7.23. The average Bonchev–Trinajstić information content (AvgIpc) is 2.73. The summed E-state index contributed by atoms with van der Waals surface area (Å²) in [5, 5.41) is 0. The summed E-state index contributed by atoms with van der Waals surface area (Å²) in [6, 6.07) is 10.6. The van der Waals surface area contributed by atoms with Crippen LogP contribution >= 0.6 is 0 Å². The van der Waals surface area contributed by atoms with Gasteiger partial charge in [-0.15, -0.1) is 0 Å². The number of ether oxygens (including phenoxy) is 2. The lowest BCUT2D eigenvalue weighted by Crippen LogP contribution is -2.39. The summed E-state index contributed by atoms with van der Waals surface area (Å²) < 4.78 is 34.4. The van der Waals surface area contributed by atoms with Gasteiger partial charge in [0.1, 0.15) is 5.75 Å². The van der Waals surface area contributed by atoms with Gasteiger partial charge in [-0.25, -0.2) is 8.42 Å². The molecule has 0 spiro atoms. The summed E-state index contributed by atoms with van der Waals surface area (Å²) in [6.45, 7) is 5.97. The Morgan fingerprint density at radius 3 is 2.38 bits per heavy atom. The van der Waals surface area contributed by atoms with E-state index in [2.05, 4.69) is 16.8 Å². The number of rotatable bonds is 8. The first-order valence-electron chi connectivity index (χ1n) is 9.99. The third-order valence-corrected chi connectivity index (χ3v) is 6.55. The number of methoxy groups -OCH3 is 1. The van der Waals surface area contributed by atoms with E-state index in [9.17, 15) is 8.42 Å². The van der Waals surface area contributed by atoms with Gasteiger partial charge in [0, 0.05) is 25.5 Å². The maximum atomic E-state index is 11.6. The highest BCUT2D eigenvalue weighted by atomic mass is 32.2. The molecule has 0 bridgehead atoms. The summed E-state index contributed by atoms with van der Waals surface area (Å²) in [6.07, 6.45) is 5.48. The standard InChI is InChI=1S/C22H30N2O4S/c1-17(27-2)15-24-12-10-18(11-13-24)16-28-20-6-9-22(23-14-20)19-4-7-21(8-5-19)29(3,25)26/h4-9,14,17-18H,10-13,15-16H2,1-3H3. The van der Waals surface area contributed by atoms with E-state index in [1.54, 1.807) is 37.6 Å². The van der Waals surface area contributed by atoms with Gasteiger partial charge >= 0.3 is 0 Å². The van der Waals surface area contributed by atoms with Crippen LogP contribution in [0.15, 0.2) is 47.5 Å². The molecule has 2 heterocycles. The van der Waals surface area contributed by atoms with Crippen molar-refractivity contribution in [1.82, 2.24) is 9.88 Å². The fourth-order valence-electron chi connectivity index (χ4n) is 3.50. The van der Waals surface area contributed by atoms with Crippen molar-refractivity contribution < 1.29 is 17.9 Å². The summed E-state index contributed by atoms with van der Waals surface area (Å²) >= 11 is 0. The minimum atomic E-state index is -3.19. The number of aromatic nitrogens is 1. The summed E-state index contributed by atoms with van der Waals surface area (Å²) in [7, 11) is -1.43. The minimum absolute atomic E-state index is 0.273. The van der Waals surface area contributed by atoms with Crippen LogP contribution in [0.4, 0.5) is 0 Å². The number of sulfone groups is 1. The van der Waals surface area contributed by atoms with Crippen LogP contribution in [0, 0.1) is 5.92 Å². The minimum Gasteiger partial charge on any atom is -0.492 e. The Labute approximate surface area is 173 Å². The van der Waals surface area contributed by atoms with Crippen LogP contribution in [0.25, 0.3) is 11.3 Å². The van der Waals surface area contributed by atoms with Crippen LogP contribution in [0.5, 0.6) is 5.75 Å². The molecule has 2 aromatic rings. The molecule has 0 radical (unpaired) electrons. The van der Waals surface area contributed by atoms with Crippen molar-refractivity contribution in [3.8, 4) is 17.0 Å². The quantitative estimate of drug-likeness (QED) is 0.655. The molecule has 0 N–H and O–H groups in total. The van der Waals surface area contributed by atoms with Crippen molar-refractivity contribution in [1.29, 1.82) is 0 Å². The first-order valence-corrected chi connectivity index (χ1v) is 11.9. The lowest BCUT2D eigenvalue weighted by atomic mass is 9.97. The van der Waals surface area contributed by atoms with Gasteiger partial charge < -0.3 is 14.4 Å². The first kappa shape index (κ1) is 21.7. The van der Waals surface area contributed by atoms with Crippen LogP contribution in [0.3, 0.4) is 0 Å². The zero-order chi connectivity index (χ0) is 20.9. The van der Waals surface area contributed by atoms with Gasteiger partial charge in [0.15, 0.2) is 9.84 Å². The van der Waals surface area contributed by atoms with E-state index in [4.69, 9.17) is 9.47 Å². The Morgan fingerprint density at radius 1 is 1.14 bits per heavy atom.